The van der Waals surface area contributed by atoms with Gasteiger partial charge < -0.3 is 20.4 Å². The molecule has 1 fully saturated rings. The molecule has 7 nitrogen and oxygen atoms in total. The molecular formula is C31H28F2N4O3S. The topological polar surface area (TPSA) is 81.8 Å². The lowest BCUT2D eigenvalue weighted by Crippen LogP contribution is -2.36. The van der Waals surface area contributed by atoms with Gasteiger partial charge in [-0.1, -0.05) is 24.3 Å². The molecular weight excluding hydrogens is 546 g/mol. The van der Waals surface area contributed by atoms with E-state index in [9.17, 15) is 23.2 Å². The van der Waals surface area contributed by atoms with Gasteiger partial charge in [0.25, 0.3) is 17.7 Å². The summed E-state index contributed by atoms with van der Waals surface area (Å²) in [6.45, 7) is 2.13. The number of hydrogen-bond acceptors (Lipinski definition) is 5. The Morgan fingerprint density at radius 3 is 2.39 bits per heavy atom. The van der Waals surface area contributed by atoms with Crippen molar-refractivity contribution in [2.45, 2.75) is 13.0 Å². The first kappa shape index (κ1) is 28.0. The van der Waals surface area contributed by atoms with Crippen molar-refractivity contribution in [1.82, 2.24) is 10.2 Å². The summed E-state index contributed by atoms with van der Waals surface area (Å²) in [5, 5.41) is 7.56. The summed E-state index contributed by atoms with van der Waals surface area (Å²) in [6, 6.07) is 20.2. The highest BCUT2D eigenvalue weighted by Crippen LogP contribution is 2.27. The van der Waals surface area contributed by atoms with Gasteiger partial charge in [0.05, 0.1) is 10.4 Å². The van der Waals surface area contributed by atoms with Crippen LogP contribution in [0.2, 0.25) is 0 Å². The van der Waals surface area contributed by atoms with Gasteiger partial charge in [0, 0.05) is 49.7 Å². The van der Waals surface area contributed by atoms with E-state index in [1.54, 1.807) is 53.4 Å². The molecule has 2 N–H and O–H groups in total. The Hall–Kier alpha value is -4.57. The van der Waals surface area contributed by atoms with E-state index in [0.717, 1.165) is 5.56 Å². The molecule has 41 heavy (non-hydrogen) atoms. The standard InChI is InChI=1S/C31H28F2N4O3S/c32-23-9-7-21(8-10-23)20-34-29(38)26-19-25(35-30(39)28-6-2-17-41-28)11-12-27(26)36-13-3-14-37(16-15-36)31(40)22-4-1-5-24(33)18-22/h1-2,4-12,17-19H,3,13-16,20H2,(H,34,38)(H,35,39). The van der Waals surface area contributed by atoms with Crippen LogP contribution in [-0.4, -0.2) is 48.8 Å². The first-order valence-corrected chi connectivity index (χ1v) is 14.1. The van der Waals surface area contributed by atoms with Crippen LogP contribution in [0, 0.1) is 11.6 Å². The fraction of sp³-hybridized carbons (Fsp3) is 0.194. The predicted molar refractivity (Wildman–Crippen MR) is 155 cm³/mol. The highest BCUT2D eigenvalue weighted by Gasteiger charge is 2.24. The van der Waals surface area contributed by atoms with Gasteiger partial charge in [-0.3, -0.25) is 14.4 Å². The Morgan fingerprint density at radius 2 is 1.63 bits per heavy atom. The van der Waals surface area contributed by atoms with Crippen molar-refractivity contribution in [1.29, 1.82) is 0 Å². The minimum atomic E-state index is -0.463. The molecule has 0 unspecified atom stereocenters. The maximum atomic E-state index is 13.7. The number of halogens is 2. The summed E-state index contributed by atoms with van der Waals surface area (Å²) in [6.07, 6.45) is 0.647. The Bertz CT molecular complexity index is 1540. The van der Waals surface area contributed by atoms with Crippen LogP contribution in [0.15, 0.2) is 84.2 Å². The molecule has 1 aromatic heterocycles. The van der Waals surface area contributed by atoms with Crippen molar-refractivity contribution < 1.29 is 23.2 Å². The van der Waals surface area contributed by atoms with Crippen molar-refractivity contribution in [3.63, 3.8) is 0 Å². The molecule has 0 atom stereocenters. The zero-order valence-electron chi connectivity index (χ0n) is 22.1. The van der Waals surface area contributed by atoms with E-state index < -0.39 is 5.82 Å². The second-order valence-corrected chi connectivity index (χ2v) is 10.6. The van der Waals surface area contributed by atoms with Crippen LogP contribution in [-0.2, 0) is 6.54 Å². The number of amides is 3. The Labute approximate surface area is 240 Å². The molecule has 0 aliphatic carbocycles. The first-order chi connectivity index (χ1) is 19.9. The number of nitrogens with one attached hydrogen (secondary N) is 2. The lowest BCUT2D eigenvalue weighted by atomic mass is 10.1. The van der Waals surface area contributed by atoms with E-state index >= 15 is 0 Å². The normalized spacial score (nSPS) is 13.4. The molecule has 0 saturated carbocycles. The molecule has 3 amide bonds. The van der Waals surface area contributed by atoms with Gasteiger partial charge >= 0.3 is 0 Å². The third-order valence-electron chi connectivity index (χ3n) is 6.81. The van der Waals surface area contributed by atoms with Gasteiger partial charge in [-0.25, -0.2) is 8.78 Å². The summed E-state index contributed by atoms with van der Waals surface area (Å²) in [4.78, 5) is 43.4. The fourth-order valence-corrected chi connectivity index (χ4v) is 5.34. The maximum Gasteiger partial charge on any atom is 0.265 e. The second-order valence-electron chi connectivity index (χ2n) is 9.62. The third kappa shape index (κ3) is 6.96. The molecule has 210 valence electrons. The molecule has 1 saturated heterocycles. The van der Waals surface area contributed by atoms with Crippen molar-refractivity contribution in [3.8, 4) is 0 Å². The lowest BCUT2D eigenvalue weighted by molar-refractivity contribution is 0.0766. The minimum absolute atomic E-state index is 0.195. The van der Waals surface area contributed by atoms with Gasteiger partial charge in [-0.05, 0) is 72.0 Å². The zero-order chi connectivity index (χ0) is 28.8. The van der Waals surface area contributed by atoms with Crippen LogP contribution in [0.25, 0.3) is 0 Å². The van der Waals surface area contributed by atoms with Crippen LogP contribution in [0.4, 0.5) is 20.2 Å². The van der Waals surface area contributed by atoms with Crippen molar-refractivity contribution in [3.05, 3.63) is 117 Å². The van der Waals surface area contributed by atoms with E-state index in [0.29, 0.717) is 60.0 Å². The van der Waals surface area contributed by atoms with Crippen LogP contribution >= 0.6 is 11.3 Å². The van der Waals surface area contributed by atoms with Gasteiger partial charge in [0.2, 0.25) is 0 Å². The molecule has 0 spiro atoms. The molecule has 2 heterocycles. The number of hydrogen-bond donors (Lipinski definition) is 2. The van der Waals surface area contributed by atoms with Crippen molar-refractivity contribution in [2.24, 2.45) is 0 Å². The lowest BCUT2D eigenvalue weighted by Gasteiger charge is -2.26. The van der Waals surface area contributed by atoms with E-state index in [1.165, 1.54) is 41.7 Å². The average Bonchev–Trinajstić information content (AvgIpc) is 3.42. The van der Waals surface area contributed by atoms with Crippen molar-refractivity contribution >= 4 is 40.4 Å². The summed E-state index contributed by atoms with van der Waals surface area (Å²) in [7, 11) is 0. The van der Waals surface area contributed by atoms with E-state index in [2.05, 4.69) is 10.6 Å². The fourth-order valence-electron chi connectivity index (χ4n) is 4.72. The Kier molecular flexibility index (Phi) is 8.69. The maximum absolute atomic E-state index is 13.7. The molecule has 1 aliphatic heterocycles. The second kappa shape index (κ2) is 12.7. The molecule has 4 aromatic rings. The summed E-state index contributed by atoms with van der Waals surface area (Å²) < 4.78 is 27.0. The first-order valence-electron chi connectivity index (χ1n) is 13.2. The molecule has 0 radical (unpaired) electrons. The van der Waals surface area contributed by atoms with Gasteiger partial charge in [-0.15, -0.1) is 11.3 Å². The smallest absolute Gasteiger partial charge is 0.265 e. The third-order valence-corrected chi connectivity index (χ3v) is 7.67. The quantitative estimate of drug-likeness (QED) is 0.303. The molecule has 10 heteroatoms. The number of thiophene rings is 1. The molecule has 5 rings (SSSR count). The summed E-state index contributed by atoms with van der Waals surface area (Å²) >= 11 is 1.32. The number of anilines is 2. The molecule has 3 aromatic carbocycles. The SMILES string of the molecule is O=C(Nc1ccc(N2CCCN(C(=O)c3cccc(F)c3)CC2)c(C(=O)NCc2ccc(F)cc2)c1)c1cccs1. The average molecular weight is 575 g/mol. The molecule has 0 bridgehead atoms. The van der Waals surface area contributed by atoms with Gasteiger partial charge in [-0.2, -0.15) is 0 Å². The molecule has 1 aliphatic rings. The summed E-state index contributed by atoms with van der Waals surface area (Å²) in [5.74, 6) is -1.69. The Morgan fingerprint density at radius 1 is 0.805 bits per heavy atom. The number of benzene rings is 3. The van der Waals surface area contributed by atoms with Gasteiger partial charge in [0.1, 0.15) is 11.6 Å². The number of carbonyl (C=O) groups is 3. The van der Waals surface area contributed by atoms with Gasteiger partial charge in [0.15, 0.2) is 0 Å². The van der Waals surface area contributed by atoms with E-state index in [-0.39, 0.29) is 30.1 Å². The minimum Gasteiger partial charge on any atom is -0.369 e. The summed E-state index contributed by atoms with van der Waals surface area (Å²) in [5.41, 5.74) is 2.53. The highest BCUT2D eigenvalue weighted by molar-refractivity contribution is 7.12. The number of rotatable bonds is 7. The number of nitrogens with zero attached hydrogens (tertiary/aromatic N) is 2. The van der Waals surface area contributed by atoms with Crippen LogP contribution in [0.3, 0.4) is 0 Å². The van der Waals surface area contributed by atoms with Crippen LogP contribution < -0.4 is 15.5 Å². The zero-order valence-corrected chi connectivity index (χ0v) is 22.9. The van der Waals surface area contributed by atoms with Crippen LogP contribution in [0.1, 0.15) is 42.4 Å². The largest absolute Gasteiger partial charge is 0.369 e. The van der Waals surface area contributed by atoms with Crippen molar-refractivity contribution in [2.75, 3.05) is 36.4 Å². The predicted octanol–water partition coefficient (Wildman–Crippen LogP) is 5.56. The highest BCUT2D eigenvalue weighted by atomic mass is 32.1. The van der Waals surface area contributed by atoms with E-state index in [4.69, 9.17) is 0 Å². The van der Waals surface area contributed by atoms with Crippen LogP contribution in [0.5, 0.6) is 0 Å². The monoisotopic (exact) mass is 574 g/mol. The Balaban J connectivity index is 1.36. The number of carbonyl (C=O) groups excluding carboxylic acids is 3. The van der Waals surface area contributed by atoms with E-state index in [1.807, 2.05) is 10.3 Å².